The molecule has 2 aromatic heterocycles. The highest BCUT2D eigenvalue weighted by Crippen LogP contribution is 2.49. The number of pyridine rings is 1. The summed E-state index contributed by atoms with van der Waals surface area (Å²) in [5.74, 6) is -2.06. The molecule has 1 aliphatic rings. The molecule has 1 aliphatic carbocycles. The van der Waals surface area contributed by atoms with Gasteiger partial charge in [0.25, 0.3) is 11.5 Å². The molecule has 5 rings (SSSR count). The number of methoxy groups -OCH3 is 1. The minimum absolute atomic E-state index is 0.0780. The van der Waals surface area contributed by atoms with E-state index in [9.17, 15) is 13.6 Å². The summed E-state index contributed by atoms with van der Waals surface area (Å²) in [5, 5.41) is 0.457. The fraction of sp³-hybridized carbons (Fsp3) is 0.240. The number of nitrogens with zero attached hydrogens (tertiary/aromatic N) is 1. The lowest BCUT2D eigenvalue weighted by atomic mass is 10.1. The quantitative estimate of drug-likeness (QED) is 0.394. The summed E-state index contributed by atoms with van der Waals surface area (Å²) in [5.41, 5.74) is 2.86. The molecule has 7 heteroatoms. The number of halogens is 2. The van der Waals surface area contributed by atoms with Crippen molar-refractivity contribution in [2.24, 2.45) is 5.92 Å². The molecule has 164 valence electrons. The van der Waals surface area contributed by atoms with Crippen LogP contribution in [0.4, 0.5) is 8.78 Å². The highest BCUT2D eigenvalue weighted by atomic mass is 19.3. The molecule has 0 amide bonds. The molecule has 32 heavy (non-hydrogen) atoms. The van der Waals surface area contributed by atoms with Crippen molar-refractivity contribution in [3.05, 3.63) is 76.7 Å². The van der Waals surface area contributed by atoms with Crippen LogP contribution in [-0.2, 0) is 0 Å². The van der Waals surface area contributed by atoms with Gasteiger partial charge in [-0.2, -0.15) is 0 Å². The minimum atomic E-state index is -2.64. The lowest BCUT2D eigenvalue weighted by molar-refractivity contribution is 0.0851. The third kappa shape index (κ3) is 3.64. The van der Waals surface area contributed by atoms with E-state index in [1.807, 2.05) is 31.2 Å². The fourth-order valence-electron chi connectivity index (χ4n) is 3.67. The van der Waals surface area contributed by atoms with Crippen molar-refractivity contribution in [1.82, 2.24) is 4.57 Å². The number of furan rings is 1. The molecule has 0 N–H and O–H groups in total. The maximum absolute atomic E-state index is 13.2. The molecular formula is C25H21F2NO4. The van der Waals surface area contributed by atoms with Crippen molar-refractivity contribution < 1.29 is 22.7 Å². The molecule has 1 atom stereocenters. The SMILES string of the molecule is COc1cc(-n2ccc3oc(-c4ccc(C)cc4)cc3c2=O)ccc1OCC1CC1(F)F. The van der Waals surface area contributed by atoms with E-state index in [1.54, 1.807) is 36.5 Å². The van der Waals surface area contributed by atoms with Crippen LogP contribution in [0.2, 0.25) is 0 Å². The molecule has 0 bridgehead atoms. The largest absolute Gasteiger partial charge is 0.493 e. The molecule has 0 saturated heterocycles. The van der Waals surface area contributed by atoms with E-state index in [2.05, 4.69) is 0 Å². The van der Waals surface area contributed by atoms with Crippen molar-refractivity contribution in [3.8, 4) is 28.5 Å². The van der Waals surface area contributed by atoms with Crippen LogP contribution in [0.3, 0.4) is 0 Å². The molecule has 0 radical (unpaired) electrons. The zero-order valence-corrected chi connectivity index (χ0v) is 17.6. The second kappa shape index (κ2) is 7.51. The standard InChI is InChI=1S/C25H21F2NO4/c1-15-3-5-16(6-4-15)22-12-19-20(32-22)9-10-28(24(19)29)18-7-8-21(23(11-18)30-2)31-14-17-13-25(17,26)27/h3-12,17H,13-14H2,1-2H3. The number of alkyl halides is 2. The predicted octanol–water partition coefficient (Wildman–Crippen LogP) is 5.60. The third-order valence-electron chi connectivity index (χ3n) is 5.74. The van der Waals surface area contributed by atoms with Crippen molar-refractivity contribution in [2.75, 3.05) is 13.7 Å². The van der Waals surface area contributed by atoms with Crippen molar-refractivity contribution >= 4 is 11.0 Å². The van der Waals surface area contributed by atoms with Gasteiger partial charge in [0.2, 0.25) is 0 Å². The summed E-state index contributed by atoms with van der Waals surface area (Å²) < 4.78 is 44.5. The number of aryl methyl sites for hydroxylation is 1. The Morgan fingerprint density at radius 2 is 1.84 bits per heavy atom. The van der Waals surface area contributed by atoms with Gasteiger partial charge in [0, 0.05) is 24.2 Å². The number of hydrogen-bond acceptors (Lipinski definition) is 4. The van der Waals surface area contributed by atoms with E-state index < -0.39 is 11.8 Å². The number of fused-ring (bicyclic) bond motifs is 1. The van der Waals surface area contributed by atoms with E-state index in [4.69, 9.17) is 13.9 Å². The van der Waals surface area contributed by atoms with Crippen LogP contribution < -0.4 is 15.0 Å². The topological polar surface area (TPSA) is 53.6 Å². The molecule has 1 fully saturated rings. The highest BCUT2D eigenvalue weighted by Gasteiger charge is 2.57. The minimum Gasteiger partial charge on any atom is -0.493 e. The van der Waals surface area contributed by atoms with E-state index in [0.29, 0.717) is 33.9 Å². The summed E-state index contributed by atoms with van der Waals surface area (Å²) >= 11 is 0. The molecule has 1 saturated carbocycles. The van der Waals surface area contributed by atoms with Gasteiger partial charge in [-0.25, -0.2) is 8.78 Å². The molecule has 2 aromatic carbocycles. The van der Waals surface area contributed by atoms with Crippen LogP contribution in [0.5, 0.6) is 11.5 Å². The zero-order valence-electron chi connectivity index (χ0n) is 17.6. The first kappa shape index (κ1) is 20.3. The summed E-state index contributed by atoms with van der Waals surface area (Å²) in [6, 6.07) is 16.3. The Hall–Kier alpha value is -3.61. The van der Waals surface area contributed by atoms with Crippen LogP contribution in [0.15, 0.2) is 70.0 Å². The molecule has 0 aliphatic heterocycles. The smallest absolute Gasteiger partial charge is 0.266 e. The van der Waals surface area contributed by atoms with Gasteiger partial charge in [0.1, 0.15) is 11.3 Å². The Kier molecular flexibility index (Phi) is 4.77. The van der Waals surface area contributed by atoms with Crippen LogP contribution in [0, 0.1) is 12.8 Å². The van der Waals surface area contributed by atoms with Crippen LogP contribution in [0.1, 0.15) is 12.0 Å². The Balaban J connectivity index is 1.46. The number of benzene rings is 2. The second-order valence-electron chi connectivity index (χ2n) is 8.05. The zero-order chi connectivity index (χ0) is 22.5. The van der Waals surface area contributed by atoms with E-state index in [1.165, 1.54) is 11.7 Å². The third-order valence-corrected chi connectivity index (χ3v) is 5.74. The molecular weight excluding hydrogens is 416 g/mol. The van der Waals surface area contributed by atoms with E-state index >= 15 is 0 Å². The summed E-state index contributed by atoms with van der Waals surface area (Å²) in [4.78, 5) is 13.2. The van der Waals surface area contributed by atoms with Crippen LogP contribution >= 0.6 is 0 Å². The lowest BCUT2D eigenvalue weighted by Gasteiger charge is -2.13. The van der Waals surface area contributed by atoms with Gasteiger partial charge in [0.15, 0.2) is 11.5 Å². The normalized spacial score (nSPS) is 16.8. The van der Waals surface area contributed by atoms with Gasteiger partial charge in [-0.15, -0.1) is 0 Å². The molecule has 2 heterocycles. The average molecular weight is 437 g/mol. The summed E-state index contributed by atoms with van der Waals surface area (Å²) in [6.45, 7) is 1.93. The van der Waals surface area contributed by atoms with Gasteiger partial charge < -0.3 is 13.9 Å². The summed E-state index contributed by atoms with van der Waals surface area (Å²) in [6.07, 6.45) is 1.48. The first-order chi connectivity index (χ1) is 15.4. The van der Waals surface area contributed by atoms with Gasteiger partial charge in [-0.3, -0.25) is 9.36 Å². The van der Waals surface area contributed by atoms with Gasteiger partial charge in [-0.1, -0.05) is 29.8 Å². The number of ether oxygens (including phenoxy) is 2. The lowest BCUT2D eigenvalue weighted by Crippen LogP contribution is -2.17. The van der Waals surface area contributed by atoms with Crippen molar-refractivity contribution in [3.63, 3.8) is 0 Å². The van der Waals surface area contributed by atoms with Gasteiger partial charge in [-0.05, 0) is 31.2 Å². The fourth-order valence-corrected chi connectivity index (χ4v) is 3.67. The Morgan fingerprint density at radius 1 is 1.09 bits per heavy atom. The molecule has 5 nitrogen and oxygen atoms in total. The number of rotatable bonds is 6. The van der Waals surface area contributed by atoms with Gasteiger partial charge in [0.05, 0.1) is 30.7 Å². The predicted molar refractivity (Wildman–Crippen MR) is 117 cm³/mol. The average Bonchev–Trinajstić information content (AvgIpc) is 3.18. The molecule has 1 unspecified atom stereocenters. The Bertz CT molecular complexity index is 1350. The van der Waals surface area contributed by atoms with E-state index in [-0.39, 0.29) is 18.6 Å². The first-order valence-corrected chi connectivity index (χ1v) is 10.3. The first-order valence-electron chi connectivity index (χ1n) is 10.3. The van der Waals surface area contributed by atoms with Crippen molar-refractivity contribution in [1.29, 1.82) is 0 Å². The van der Waals surface area contributed by atoms with Crippen LogP contribution in [-0.4, -0.2) is 24.2 Å². The number of hydrogen-bond donors (Lipinski definition) is 0. The van der Waals surface area contributed by atoms with Crippen molar-refractivity contribution in [2.45, 2.75) is 19.3 Å². The van der Waals surface area contributed by atoms with E-state index in [0.717, 1.165) is 11.1 Å². The highest BCUT2D eigenvalue weighted by molar-refractivity contribution is 5.82. The molecule has 4 aromatic rings. The van der Waals surface area contributed by atoms with Crippen LogP contribution in [0.25, 0.3) is 28.0 Å². The molecule has 0 spiro atoms. The monoisotopic (exact) mass is 437 g/mol. The summed E-state index contributed by atoms with van der Waals surface area (Å²) in [7, 11) is 1.47. The maximum atomic E-state index is 13.2. The number of aromatic nitrogens is 1. The maximum Gasteiger partial charge on any atom is 0.266 e. The second-order valence-corrected chi connectivity index (χ2v) is 8.05. The Labute approximate surface area is 182 Å². The van der Waals surface area contributed by atoms with Gasteiger partial charge >= 0.3 is 0 Å². The Morgan fingerprint density at radius 3 is 2.53 bits per heavy atom.